The van der Waals surface area contributed by atoms with E-state index in [0.29, 0.717) is 23.2 Å². The minimum absolute atomic E-state index is 0.125. The molecule has 0 saturated heterocycles. The lowest BCUT2D eigenvalue weighted by Gasteiger charge is -2.12. The van der Waals surface area contributed by atoms with Crippen molar-refractivity contribution >= 4 is 22.9 Å². The van der Waals surface area contributed by atoms with E-state index in [1.54, 1.807) is 11.3 Å². The second-order valence-electron chi connectivity index (χ2n) is 6.72. The molecule has 0 amide bonds. The van der Waals surface area contributed by atoms with Gasteiger partial charge in [-0.1, -0.05) is 49.2 Å². The Bertz CT molecular complexity index is 1070. The van der Waals surface area contributed by atoms with E-state index in [-0.39, 0.29) is 6.61 Å². The van der Waals surface area contributed by atoms with Crippen molar-refractivity contribution in [1.82, 2.24) is 30.2 Å². The number of imidazole rings is 1. The van der Waals surface area contributed by atoms with Crippen molar-refractivity contribution in [3.63, 3.8) is 0 Å². The van der Waals surface area contributed by atoms with Crippen LogP contribution in [0.15, 0.2) is 35.7 Å². The monoisotopic (exact) mass is 428 g/mol. The second kappa shape index (κ2) is 8.86. The number of aryl methyl sites for hydroxylation is 1. The van der Waals surface area contributed by atoms with Crippen LogP contribution in [-0.2, 0) is 19.6 Å². The van der Waals surface area contributed by atoms with E-state index < -0.39 is 0 Å². The van der Waals surface area contributed by atoms with Gasteiger partial charge in [-0.3, -0.25) is 0 Å². The first-order valence-corrected chi connectivity index (χ1v) is 10.7. The van der Waals surface area contributed by atoms with Crippen molar-refractivity contribution in [3.05, 3.63) is 57.9 Å². The fourth-order valence-electron chi connectivity index (χ4n) is 3.32. The molecular weight excluding hydrogens is 408 g/mol. The van der Waals surface area contributed by atoms with E-state index >= 15 is 0 Å². The number of benzene rings is 1. The Labute approximate surface area is 177 Å². The molecule has 0 saturated carbocycles. The zero-order valence-corrected chi connectivity index (χ0v) is 17.5. The predicted molar refractivity (Wildman–Crippen MR) is 114 cm³/mol. The van der Waals surface area contributed by atoms with Gasteiger partial charge >= 0.3 is 0 Å². The number of hydrogen-bond acceptors (Lipinski definition) is 6. The molecular formula is C20H21ClN6OS. The zero-order valence-electron chi connectivity index (χ0n) is 16.0. The molecule has 2 N–H and O–H groups in total. The van der Waals surface area contributed by atoms with Crippen LogP contribution in [0.5, 0.6) is 0 Å². The van der Waals surface area contributed by atoms with Gasteiger partial charge in [0.05, 0.1) is 17.2 Å². The van der Waals surface area contributed by atoms with Crippen molar-refractivity contribution in [2.45, 2.75) is 39.3 Å². The van der Waals surface area contributed by atoms with Gasteiger partial charge in [-0.15, -0.1) is 16.4 Å². The Morgan fingerprint density at radius 1 is 1.21 bits per heavy atom. The molecule has 4 aromatic rings. The fourth-order valence-corrected chi connectivity index (χ4v) is 4.43. The number of tetrazole rings is 1. The molecule has 1 aromatic carbocycles. The topological polar surface area (TPSA) is 92.5 Å². The molecule has 0 aliphatic carbocycles. The maximum Gasteiger partial charge on any atom is 0.190 e. The van der Waals surface area contributed by atoms with Crippen LogP contribution in [0.1, 0.15) is 36.8 Å². The molecule has 150 valence electrons. The van der Waals surface area contributed by atoms with Crippen LogP contribution >= 0.6 is 22.9 Å². The molecule has 0 unspecified atom stereocenters. The Morgan fingerprint density at radius 2 is 2.03 bits per heavy atom. The summed E-state index contributed by atoms with van der Waals surface area (Å²) in [7, 11) is 0. The van der Waals surface area contributed by atoms with Crippen LogP contribution in [0.2, 0.25) is 5.15 Å². The van der Waals surface area contributed by atoms with Gasteiger partial charge in [0.15, 0.2) is 11.0 Å². The molecule has 0 radical (unpaired) electrons. The zero-order chi connectivity index (χ0) is 20.2. The van der Waals surface area contributed by atoms with E-state index in [2.05, 4.69) is 62.9 Å². The van der Waals surface area contributed by atoms with Crippen molar-refractivity contribution in [1.29, 1.82) is 0 Å². The maximum atomic E-state index is 9.74. The minimum Gasteiger partial charge on any atom is -0.390 e. The lowest BCUT2D eigenvalue weighted by atomic mass is 10.0. The number of rotatable bonds is 8. The fraction of sp³-hybridized carbons (Fsp3) is 0.300. The molecule has 0 aliphatic rings. The number of nitrogens with one attached hydrogen (secondary N) is 1. The van der Waals surface area contributed by atoms with Gasteiger partial charge in [-0.2, -0.15) is 0 Å². The van der Waals surface area contributed by atoms with E-state index in [0.717, 1.165) is 46.7 Å². The average molecular weight is 429 g/mol. The summed E-state index contributed by atoms with van der Waals surface area (Å²) in [6.07, 6.45) is 2.96. The predicted octanol–water partition coefficient (Wildman–Crippen LogP) is 4.33. The summed E-state index contributed by atoms with van der Waals surface area (Å²) in [5.41, 5.74) is 3.97. The number of aromatic nitrogens is 6. The first-order chi connectivity index (χ1) is 14.2. The van der Waals surface area contributed by atoms with Gasteiger partial charge in [0.2, 0.25) is 0 Å². The first kappa shape index (κ1) is 19.8. The molecule has 7 nitrogen and oxygen atoms in total. The lowest BCUT2D eigenvalue weighted by Crippen LogP contribution is -2.09. The average Bonchev–Trinajstić information content (AvgIpc) is 3.47. The summed E-state index contributed by atoms with van der Waals surface area (Å²) in [4.78, 5) is 5.47. The van der Waals surface area contributed by atoms with Crippen LogP contribution in [0.4, 0.5) is 0 Å². The smallest absolute Gasteiger partial charge is 0.190 e. The molecule has 29 heavy (non-hydrogen) atoms. The van der Waals surface area contributed by atoms with Crippen LogP contribution in [0.25, 0.3) is 21.8 Å². The Morgan fingerprint density at radius 3 is 2.72 bits per heavy atom. The molecule has 0 bridgehead atoms. The summed E-state index contributed by atoms with van der Waals surface area (Å²) < 4.78 is 2.03. The molecule has 0 atom stereocenters. The quantitative estimate of drug-likeness (QED) is 0.435. The third kappa shape index (κ3) is 4.10. The summed E-state index contributed by atoms with van der Waals surface area (Å²) in [5, 5.41) is 26.3. The third-order valence-electron chi connectivity index (χ3n) is 4.84. The SMILES string of the molecule is CCCCc1nc(Cl)c(CO)n1Cc1ccc(-c2ccsc2-c2nnn[nH]2)cc1. The Kier molecular flexibility index (Phi) is 6.03. The molecule has 0 aliphatic heterocycles. The highest BCUT2D eigenvalue weighted by Gasteiger charge is 2.16. The van der Waals surface area contributed by atoms with Gasteiger partial charge in [0, 0.05) is 18.5 Å². The Hall–Kier alpha value is -2.55. The van der Waals surface area contributed by atoms with Crippen LogP contribution in [0.3, 0.4) is 0 Å². The van der Waals surface area contributed by atoms with E-state index in [1.165, 1.54) is 0 Å². The summed E-state index contributed by atoms with van der Waals surface area (Å²) in [6, 6.07) is 10.4. The van der Waals surface area contributed by atoms with Gasteiger partial charge in [-0.05, 0) is 39.4 Å². The highest BCUT2D eigenvalue weighted by molar-refractivity contribution is 7.14. The number of halogens is 1. The number of nitrogens with zero attached hydrogens (tertiary/aromatic N) is 5. The third-order valence-corrected chi connectivity index (χ3v) is 6.06. The molecule has 9 heteroatoms. The molecule has 4 rings (SSSR count). The second-order valence-corrected chi connectivity index (χ2v) is 8.00. The van der Waals surface area contributed by atoms with Gasteiger partial charge in [0.25, 0.3) is 0 Å². The number of aliphatic hydroxyl groups is 1. The standard InChI is InChI=1S/C20H21ClN6OS/c1-2-3-4-17-22-19(21)16(12-28)27(17)11-13-5-7-14(8-6-13)15-9-10-29-18(15)20-23-25-26-24-20/h5-10,28H,2-4,11-12H2,1H3,(H,23,24,25,26). The van der Waals surface area contributed by atoms with Crippen molar-refractivity contribution in [2.75, 3.05) is 0 Å². The normalized spacial score (nSPS) is 11.3. The lowest BCUT2D eigenvalue weighted by molar-refractivity contribution is 0.271. The number of unbranched alkanes of at least 4 members (excludes halogenated alkanes) is 1. The van der Waals surface area contributed by atoms with Crippen LogP contribution in [-0.4, -0.2) is 35.3 Å². The number of aromatic amines is 1. The van der Waals surface area contributed by atoms with Gasteiger partial charge < -0.3 is 9.67 Å². The molecule has 0 fully saturated rings. The van der Waals surface area contributed by atoms with Crippen molar-refractivity contribution in [3.8, 4) is 21.8 Å². The molecule has 0 spiro atoms. The minimum atomic E-state index is -0.125. The highest BCUT2D eigenvalue weighted by atomic mass is 35.5. The van der Waals surface area contributed by atoms with Crippen LogP contribution < -0.4 is 0 Å². The molecule has 3 aromatic heterocycles. The number of thiophene rings is 1. The van der Waals surface area contributed by atoms with Gasteiger partial charge in [-0.25, -0.2) is 10.1 Å². The van der Waals surface area contributed by atoms with Crippen LogP contribution in [0, 0.1) is 0 Å². The number of aliphatic hydroxyl groups excluding tert-OH is 1. The van der Waals surface area contributed by atoms with Crippen molar-refractivity contribution < 1.29 is 5.11 Å². The largest absolute Gasteiger partial charge is 0.390 e. The summed E-state index contributed by atoms with van der Waals surface area (Å²) in [6.45, 7) is 2.64. The summed E-state index contributed by atoms with van der Waals surface area (Å²) >= 11 is 7.84. The summed E-state index contributed by atoms with van der Waals surface area (Å²) in [5.74, 6) is 1.59. The van der Waals surface area contributed by atoms with Crippen molar-refractivity contribution in [2.24, 2.45) is 0 Å². The maximum absolute atomic E-state index is 9.74. The number of hydrogen-bond donors (Lipinski definition) is 2. The van der Waals surface area contributed by atoms with E-state index in [9.17, 15) is 5.11 Å². The Balaban J connectivity index is 1.60. The van der Waals surface area contributed by atoms with E-state index in [1.807, 2.05) is 9.95 Å². The number of H-pyrrole nitrogens is 1. The first-order valence-electron chi connectivity index (χ1n) is 9.46. The van der Waals surface area contributed by atoms with E-state index in [4.69, 9.17) is 11.6 Å². The highest BCUT2D eigenvalue weighted by Crippen LogP contribution is 2.34. The molecule has 3 heterocycles. The van der Waals surface area contributed by atoms with Gasteiger partial charge in [0.1, 0.15) is 5.82 Å².